The van der Waals surface area contributed by atoms with Crippen LogP contribution in [0, 0.1) is 6.92 Å². The summed E-state index contributed by atoms with van der Waals surface area (Å²) in [6.07, 6.45) is 1.46. The summed E-state index contributed by atoms with van der Waals surface area (Å²) in [6, 6.07) is 10.8. The minimum atomic E-state index is -3.77. The van der Waals surface area contributed by atoms with Crippen molar-refractivity contribution in [2.45, 2.75) is 13.5 Å². The van der Waals surface area contributed by atoms with E-state index < -0.39 is 22.5 Å². The SMILES string of the molecule is Cc1ccc(/C=C/S(=O)(=O)NCC(=O)OCc2cc3c(cc2Br)OCCO3)cc1. The van der Waals surface area contributed by atoms with Crippen LogP contribution in [-0.4, -0.2) is 34.1 Å². The zero-order chi connectivity index (χ0) is 20.9. The quantitative estimate of drug-likeness (QED) is 0.610. The van der Waals surface area contributed by atoms with E-state index in [1.807, 2.05) is 19.1 Å². The Kier molecular flexibility index (Phi) is 6.94. The van der Waals surface area contributed by atoms with Crippen molar-refractivity contribution in [2.75, 3.05) is 19.8 Å². The molecule has 0 radical (unpaired) electrons. The fraction of sp³-hybridized carbons (Fsp3) is 0.250. The van der Waals surface area contributed by atoms with Gasteiger partial charge in [0.25, 0.3) is 0 Å². The van der Waals surface area contributed by atoms with Crippen LogP contribution in [0.3, 0.4) is 0 Å². The molecule has 2 aromatic rings. The molecule has 1 heterocycles. The van der Waals surface area contributed by atoms with Crippen molar-refractivity contribution in [3.63, 3.8) is 0 Å². The summed E-state index contributed by atoms with van der Waals surface area (Å²) in [7, 11) is -3.77. The molecule has 0 unspecified atom stereocenters. The molecule has 154 valence electrons. The molecule has 1 aliphatic heterocycles. The van der Waals surface area contributed by atoms with Crippen LogP contribution in [0.4, 0.5) is 0 Å². The van der Waals surface area contributed by atoms with Gasteiger partial charge in [0.15, 0.2) is 11.5 Å². The molecule has 0 aromatic heterocycles. The summed E-state index contributed by atoms with van der Waals surface area (Å²) in [5, 5.41) is 1.02. The van der Waals surface area contributed by atoms with Crippen molar-refractivity contribution in [3.8, 4) is 11.5 Å². The molecule has 0 saturated heterocycles. The van der Waals surface area contributed by atoms with Crippen molar-refractivity contribution < 1.29 is 27.4 Å². The average molecular weight is 482 g/mol. The molecule has 1 aliphatic rings. The Morgan fingerprint density at radius 1 is 1.17 bits per heavy atom. The Morgan fingerprint density at radius 3 is 2.52 bits per heavy atom. The van der Waals surface area contributed by atoms with E-state index in [1.165, 1.54) is 6.08 Å². The number of aryl methyl sites for hydroxylation is 1. The van der Waals surface area contributed by atoms with Gasteiger partial charge in [-0.1, -0.05) is 45.8 Å². The molecule has 0 bridgehead atoms. The minimum absolute atomic E-state index is 0.0308. The molecule has 0 fully saturated rings. The third kappa shape index (κ3) is 6.31. The Hall–Kier alpha value is -2.36. The van der Waals surface area contributed by atoms with Gasteiger partial charge < -0.3 is 14.2 Å². The van der Waals surface area contributed by atoms with Crippen LogP contribution >= 0.6 is 15.9 Å². The first kappa shape index (κ1) is 21.4. The number of hydrogen-bond acceptors (Lipinski definition) is 6. The summed E-state index contributed by atoms with van der Waals surface area (Å²) < 4.78 is 43.1. The summed E-state index contributed by atoms with van der Waals surface area (Å²) in [6.45, 7) is 2.37. The molecule has 9 heteroatoms. The lowest BCUT2D eigenvalue weighted by molar-refractivity contribution is -0.143. The van der Waals surface area contributed by atoms with E-state index >= 15 is 0 Å². The van der Waals surface area contributed by atoms with Crippen molar-refractivity contribution >= 4 is 38.0 Å². The molecular weight excluding hydrogens is 462 g/mol. The number of ether oxygens (including phenoxy) is 3. The Bertz CT molecular complexity index is 1020. The number of hydrogen-bond donors (Lipinski definition) is 1. The second-order valence-electron chi connectivity index (χ2n) is 6.33. The second kappa shape index (κ2) is 9.43. The number of benzene rings is 2. The third-order valence-electron chi connectivity index (χ3n) is 4.03. The van der Waals surface area contributed by atoms with Crippen LogP contribution in [0.2, 0.25) is 0 Å². The standard InChI is InChI=1S/C20H20BrNO6S/c1-14-2-4-15(5-3-14)6-9-29(24,25)22-12-20(23)28-13-16-10-18-19(11-17(16)21)27-8-7-26-18/h2-6,9-11,22H,7-8,12-13H2,1H3/b9-6+. The number of carbonyl (C=O) groups is 1. The number of fused-ring (bicyclic) bond motifs is 1. The summed E-state index contributed by atoms with van der Waals surface area (Å²) in [4.78, 5) is 11.9. The van der Waals surface area contributed by atoms with Crippen LogP contribution in [0.1, 0.15) is 16.7 Å². The normalized spacial score (nSPS) is 13.4. The maximum absolute atomic E-state index is 12.0. The molecule has 0 amide bonds. The number of esters is 1. The lowest BCUT2D eigenvalue weighted by atomic mass is 10.2. The van der Waals surface area contributed by atoms with Crippen molar-refractivity contribution in [1.82, 2.24) is 4.72 Å². The first-order chi connectivity index (χ1) is 13.8. The Balaban J connectivity index is 1.51. The van der Waals surface area contributed by atoms with Gasteiger partial charge in [-0.25, -0.2) is 13.1 Å². The second-order valence-corrected chi connectivity index (χ2v) is 8.83. The molecule has 0 spiro atoms. The Morgan fingerprint density at radius 2 is 1.83 bits per heavy atom. The zero-order valence-electron chi connectivity index (χ0n) is 15.7. The van der Waals surface area contributed by atoms with E-state index in [2.05, 4.69) is 20.7 Å². The first-order valence-electron chi connectivity index (χ1n) is 8.80. The van der Waals surface area contributed by atoms with Crippen molar-refractivity contribution in [2.24, 2.45) is 0 Å². The van der Waals surface area contributed by atoms with E-state index in [-0.39, 0.29) is 6.61 Å². The van der Waals surface area contributed by atoms with Crippen LogP contribution in [0.25, 0.3) is 6.08 Å². The molecule has 1 N–H and O–H groups in total. The van der Waals surface area contributed by atoms with Gasteiger partial charge in [-0.2, -0.15) is 0 Å². The van der Waals surface area contributed by atoms with Gasteiger partial charge in [0.2, 0.25) is 10.0 Å². The number of sulfonamides is 1. The largest absolute Gasteiger partial charge is 0.486 e. The van der Waals surface area contributed by atoms with E-state index in [1.54, 1.807) is 24.3 Å². The van der Waals surface area contributed by atoms with Crippen molar-refractivity contribution in [1.29, 1.82) is 0 Å². The molecule has 0 saturated carbocycles. The number of nitrogens with one attached hydrogen (secondary N) is 1. The smallest absolute Gasteiger partial charge is 0.321 e. The molecule has 2 aromatic carbocycles. The van der Waals surface area contributed by atoms with Gasteiger partial charge in [-0.3, -0.25) is 4.79 Å². The highest BCUT2D eigenvalue weighted by molar-refractivity contribution is 9.10. The maximum atomic E-state index is 12.0. The predicted octanol–water partition coefficient (Wildman–Crippen LogP) is 3.16. The monoisotopic (exact) mass is 481 g/mol. The molecule has 0 atom stereocenters. The minimum Gasteiger partial charge on any atom is -0.486 e. The highest BCUT2D eigenvalue weighted by Gasteiger charge is 2.16. The lowest BCUT2D eigenvalue weighted by Gasteiger charge is -2.19. The van der Waals surface area contributed by atoms with Crippen LogP contribution in [0.15, 0.2) is 46.3 Å². The van der Waals surface area contributed by atoms with E-state index in [0.717, 1.165) is 16.5 Å². The summed E-state index contributed by atoms with van der Waals surface area (Å²) >= 11 is 3.40. The fourth-order valence-corrected chi connectivity index (χ4v) is 3.67. The number of halogens is 1. The third-order valence-corrected chi connectivity index (χ3v) is 5.81. The zero-order valence-corrected chi connectivity index (χ0v) is 18.1. The van der Waals surface area contributed by atoms with Crippen LogP contribution in [-0.2, 0) is 26.2 Å². The van der Waals surface area contributed by atoms with E-state index in [0.29, 0.717) is 34.7 Å². The molecule has 7 nitrogen and oxygen atoms in total. The molecule has 0 aliphatic carbocycles. The lowest BCUT2D eigenvalue weighted by Crippen LogP contribution is -2.29. The number of rotatable bonds is 7. The van der Waals surface area contributed by atoms with Crippen LogP contribution in [0.5, 0.6) is 11.5 Å². The molecule has 29 heavy (non-hydrogen) atoms. The van der Waals surface area contributed by atoms with Gasteiger partial charge in [-0.05, 0) is 30.7 Å². The average Bonchev–Trinajstić information content (AvgIpc) is 2.70. The molecular formula is C20H20BrNO6S. The fourth-order valence-electron chi connectivity index (χ4n) is 2.48. The highest BCUT2D eigenvalue weighted by Crippen LogP contribution is 2.35. The number of carbonyl (C=O) groups excluding carboxylic acids is 1. The maximum Gasteiger partial charge on any atom is 0.321 e. The van der Waals surface area contributed by atoms with Crippen LogP contribution < -0.4 is 14.2 Å². The molecule has 3 rings (SSSR count). The van der Waals surface area contributed by atoms with Gasteiger partial charge in [0, 0.05) is 15.4 Å². The topological polar surface area (TPSA) is 90.9 Å². The first-order valence-corrected chi connectivity index (χ1v) is 11.1. The van der Waals surface area contributed by atoms with Crippen molar-refractivity contribution in [3.05, 3.63) is 63.0 Å². The van der Waals surface area contributed by atoms with Gasteiger partial charge in [0.1, 0.15) is 26.4 Å². The van der Waals surface area contributed by atoms with Gasteiger partial charge in [0.05, 0.1) is 0 Å². The Labute approximate surface area is 177 Å². The van der Waals surface area contributed by atoms with E-state index in [4.69, 9.17) is 14.2 Å². The summed E-state index contributed by atoms with van der Waals surface area (Å²) in [5.41, 5.74) is 2.51. The van der Waals surface area contributed by atoms with Gasteiger partial charge in [-0.15, -0.1) is 0 Å². The highest BCUT2D eigenvalue weighted by atomic mass is 79.9. The van der Waals surface area contributed by atoms with E-state index in [9.17, 15) is 13.2 Å². The van der Waals surface area contributed by atoms with Gasteiger partial charge >= 0.3 is 5.97 Å². The summed E-state index contributed by atoms with van der Waals surface area (Å²) in [5.74, 6) is 0.498. The predicted molar refractivity (Wildman–Crippen MR) is 112 cm³/mol.